The van der Waals surface area contributed by atoms with Gasteiger partial charge in [-0.3, -0.25) is 14.4 Å². The van der Waals surface area contributed by atoms with E-state index in [-0.39, 0.29) is 30.8 Å². The first kappa shape index (κ1) is 17.1. The minimum absolute atomic E-state index is 0.0846. The lowest BCUT2D eigenvalue weighted by atomic mass is 9.86. The second-order valence-corrected chi connectivity index (χ2v) is 5.87. The zero-order chi connectivity index (χ0) is 16.7. The maximum Gasteiger partial charge on any atom is 0.287 e. The van der Waals surface area contributed by atoms with Crippen molar-refractivity contribution in [2.24, 2.45) is 5.92 Å². The van der Waals surface area contributed by atoms with Crippen molar-refractivity contribution >= 4 is 17.7 Å². The molecule has 1 aliphatic rings. The summed E-state index contributed by atoms with van der Waals surface area (Å²) in [6.07, 6.45) is 5.82. The van der Waals surface area contributed by atoms with Crippen LogP contribution >= 0.6 is 0 Å². The first-order chi connectivity index (χ1) is 11.1. The molecule has 3 N–H and O–H groups in total. The molecule has 0 saturated heterocycles. The summed E-state index contributed by atoms with van der Waals surface area (Å²) in [4.78, 5) is 35.1. The van der Waals surface area contributed by atoms with Crippen molar-refractivity contribution < 1.29 is 18.8 Å². The van der Waals surface area contributed by atoms with Gasteiger partial charge in [-0.1, -0.05) is 19.8 Å². The van der Waals surface area contributed by atoms with E-state index in [1.165, 1.54) is 18.8 Å². The van der Waals surface area contributed by atoms with Gasteiger partial charge >= 0.3 is 0 Å². The summed E-state index contributed by atoms with van der Waals surface area (Å²) < 4.78 is 4.91. The Kier molecular flexibility index (Phi) is 6.19. The topological polar surface area (TPSA) is 100 Å². The molecule has 1 aromatic rings. The van der Waals surface area contributed by atoms with Crippen molar-refractivity contribution in [3.63, 3.8) is 0 Å². The van der Waals surface area contributed by atoms with Gasteiger partial charge in [-0.2, -0.15) is 0 Å². The van der Waals surface area contributed by atoms with Crippen LogP contribution in [0.1, 0.15) is 43.2 Å². The van der Waals surface area contributed by atoms with Crippen LogP contribution in [0, 0.1) is 5.92 Å². The Labute approximate surface area is 135 Å². The van der Waals surface area contributed by atoms with Gasteiger partial charge in [0.25, 0.3) is 5.91 Å². The van der Waals surface area contributed by atoms with E-state index in [1.807, 2.05) is 0 Å². The molecule has 126 valence electrons. The van der Waals surface area contributed by atoms with E-state index in [2.05, 4.69) is 22.9 Å². The summed E-state index contributed by atoms with van der Waals surface area (Å²) >= 11 is 0. The van der Waals surface area contributed by atoms with E-state index < -0.39 is 11.8 Å². The largest absolute Gasteiger partial charge is 0.459 e. The molecule has 1 heterocycles. The second-order valence-electron chi connectivity index (χ2n) is 5.87. The molecule has 3 amide bonds. The smallest absolute Gasteiger partial charge is 0.287 e. The number of carbonyl (C=O) groups is 3. The highest BCUT2D eigenvalue weighted by Gasteiger charge is 2.22. The van der Waals surface area contributed by atoms with Crippen LogP contribution in [-0.4, -0.2) is 36.9 Å². The van der Waals surface area contributed by atoms with E-state index in [0.29, 0.717) is 5.92 Å². The first-order valence-electron chi connectivity index (χ1n) is 7.94. The average Bonchev–Trinajstić information content (AvgIpc) is 3.07. The summed E-state index contributed by atoms with van der Waals surface area (Å²) in [5.41, 5.74) is 0. The Bertz CT molecular complexity index is 542. The fraction of sp³-hybridized carbons (Fsp3) is 0.562. The molecule has 0 radical (unpaired) electrons. The minimum atomic E-state index is -0.467. The molecule has 0 aliphatic heterocycles. The molecule has 7 nitrogen and oxygen atoms in total. The van der Waals surface area contributed by atoms with Gasteiger partial charge in [-0.05, 0) is 30.9 Å². The molecular weight excluding hydrogens is 298 g/mol. The van der Waals surface area contributed by atoms with Gasteiger partial charge in [0, 0.05) is 6.04 Å². The van der Waals surface area contributed by atoms with Crippen LogP contribution < -0.4 is 16.0 Å². The fourth-order valence-corrected chi connectivity index (χ4v) is 2.69. The number of furan rings is 1. The minimum Gasteiger partial charge on any atom is -0.459 e. The van der Waals surface area contributed by atoms with Crippen LogP contribution in [0.2, 0.25) is 0 Å². The zero-order valence-electron chi connectivity index (χ0n) is 13.3. The Morgan fingerprint density at radius 2 is 1.87 bits per heavy atom. The van der Waals surface area contributed by atoms with Crippen molar-refractivity contribution in [2.45, 2.75) is 38.6 Å². The van der Waals surface area contributed by atoms with Crippen molar-refractivity contribution in [1.82, 2.24) is 16.0 Å². The number of amides is 3. The van der Waals surface area contributed by atoms with Crippen LogP contribution in [-0.2, 0) is 9.59 Å². The molecule has 1 saturated carbocycles. The van der Waals surface area contributed by atoms with Crippen LogP contribution in [0.25, 0.3) is 0 Å². The Hall–Kier alpha value is -2.31. The van der Waals surface area contributed by atoms with Crippen molar-refractivity contribution in [2.75, 3.05) is 13.1 Å². The quantitative estimate of drug-likeness (QED) is 0.722. The molecule has 7 heteroatoms. The summed E-state index contributed by atoms with van der Waals surface area (Å²) in [7, 11) is 0. The van der Waals surface area contributed by atoms with Gasteiger partial charge in [0.05, 0.1) is 19.4 Å². The molecular formula is C16H23N3O4. The number of hydrogen-bond acceptors (Lipinski definition) is 4. The van der Waals surface area contributed by atoms with Crippen molar-refractivity contribution in [3.05, 3.63) is 24.2 Å². The lowest BCUT2D eigenvalue weighted by molar-refractivity contribution is -0.126. The van der Waals surface area contributed by atoms with Gasteiger partial charge in [-0.15, -0.1) is 0 Å². The van der Waals surface area contributed by atoms with Gasteiger partial charge in [-0.25, -0.2) is 0 Å². The summed E-state index contributed by atoms with van der Waals surface area (Å²) in [5, 5.41) is 7.87. The summed E-state index contributed by atoms with van der Waals surface area (Å²) in [5.74, 6) is -0.477. The standard InChI is InChI=1S/C16H23N3O4/c1-11-5-2-3-6-12(11)19-15(21)10-17-14(20)9-18-16(22)13-7-4-8-23-13/h4,7-8,11-12H,2-3,5-6,9-10H2,1H3,(H,17,20)(H,18,22)(H,19,21)/t11-,12+/m1/s1. The van der Waals surface area contributed by atoms with Crippen LogP contribution in [0.3, 0.4) is 0 Å². The molecule has 0 bridgehead atoms. The van der Waals surface area contributed by atoms with Gasteiger partial charge in [0.1, 0.15) is 0 Å². The summed E-state index contributed by atoms with van der Waals surface area (Å²) in [6, 6.07) is 3.28. The zero-order valence-corrected chi connectivity index (χ0v) is 13.3. The third-order valence-corrected chi connectivity index (χ3v) is 4.06. The third kappa shape index (κ3) is 5.43. The molecule has 1 aromatic heterocycles. The first-order valence-corrected chi connectivity index (χ1v) is 7.94. The van der Waals surface area contributed by atoms with Crippen LogP contribution in [0.4, 0.5) is 0 Å². The van der Waals surface area contributed by atoms with Gasteiger partial charge in [0.2, 0.25) is 11.8 Å². The molecule has 1 aliphatic carbocycles. The molecule has 0 aromatic carbocycles. The highest BCUT2D eigenvalue weighted by molar-refractivity contribution is 5.94. The van der Waals surface area contributed by atoms with E-state index in [1.54, 1.807) is 6.07 Å². The number of hydrogen-bond donors (Lipinski definition) is 3. The Balaban J connectivity index is 1.63. The SMILES string of the molecule is C[C@@H]1CCCC[C@@H]1NC(=O)CNC(=O)CNC(=O)c1ccco1. The normalized spacial score (nSPS) is 20.6. The van der Waals surface area contributed by atoms with E-state index >= 15 is 0 Å². The molecule has 0 spiro atoms. The highest BCUT2D eigenvalue weighted by atomic mass is 16.3. The van der Waals surface area contributed by atoms with Crippen LogP contribution in [0.5, 0.6) is 0 Å². The number of carbonyl (C=O) groups excluding carboxylic acids is 3. The number of rotatable bonds is 6. The number of nitrogens with one attached hydrogen (secondary N) is 3. The molecule has 0 unspecified atom stereocenters. The van der Waals surface area contributed by atoms with Crippen molar-refractivity contribution in [3.8, 4) is 0 Å². The maximum absolute atomic E-state index is 11.9. The predicted octanol–water partition coefficient (Wildman–Crippen LogP) is 0.821. The maximum atomic E-state index is 11.9. The molecule has 2 rings (SSSR count). The molecule has 23 heavy (non-hydrogen) atoms. The average molecular weight is 321 g/mol. The Morgan fingerprint density at radius 1 is 1.13 bits per heavy atom. The summed E-state index contributed by atoms with van der Waals surface area (Å²) in [6.45, 7) is 1.85. The lowest BCUT2D eigenvalue weighted by Crippen LogP contribution is -2.47. The monoisotopic (exact) mass is 321 g/mol. The Morgan fingerprint density at radius 3 is 2.57 bits per heavy atom. The molecule has 2 atom stereocenters. The van der Waals surface area contributed by atoms with Gasteiger partial charge in [0.15, 0.2) is 5.76 Å². The van der Waals surface area contributed by atoms with E-state index in [9.17, 15) is 14.4 Å². The predicted molar refractivity (Wildman–Crippen MR) is 83.6 cm³/mol. The molecule has 1 fully saturated rings. The van der Waals surface area contributed by atoms with E-state index in [4.69, 9.17) is 4.42 Å². The highest BCUT2D eigenvalue weighted by Crippen LogP contribution is 2.23. The van der Waals surface area contributed by atoms with Crippen LogP contribution in [0.15, 0.2) is 22.8 Å². The lowest BCUT2D eigenvalue weighted by Gasteiger charge is -2.29. The third-order valence-electron chi connectivity index (χ3n) is 4.06. The van der Waals surface area contributed by atoms with Crippen molar-refractivity contribution in [1.29, 1.82) is 0 Å². The van der Waals surface area contributed by atoms with E-state index in [0.717, 1.165) is 19.3 Å². The second kappa shape index (κ2) is 8.36. The van der Waals surface area contributed by atoms with Gasteiger partial charge < -0.3 is 20.4 Å². The fourth-order valence-electron chi connectivity index (χ4n) is 2.69.